The molecule has 0 aliphatic carbocycles. The topological polar surface area (TPSA) is 38.8 Å². The van der Waals surface area contributed by atoms with Crippen LogP contribution in [0.4, 0.5) is 5.69 Å². The normalized spacial score (nSPS) is 10.9. The second kappa shape index (κ2) is 11.9. The minimum atomic E-state index is 0.671. The average Bonchev–Trinajstić information content (AvgIpc) is 2.77. The predicted molar refractivity (Wildman–Crippen MR) is 122 cm³/mol. The number of carbonyl (C=O) groups excluding carboxylic acids is 1. The third-order valence-electron chi connectivity index (χ3n) is 4.96. The number of hydrogen-bond acceptors (Lipinski definition) is 4. The van der Waals surface area contributed by atoms with E-state index in [1.807, 2.05) is 42.5 Å². The molecule has 2 aromatic rings. The first kappa shape index (κ1) is 22.5. The zero-order valence-corrected chi connectivity index (χ0v) is 18.1. The van der Waals surface area contributed by atoms with Crippen LogP contribution in [0.2, 0.25) is 0 Å². The molecule has 156 valence electrons. The number of rotatable bonds is 12. The first-order valence-electron chi connectivity index (χ1n) is 10.4. The fraction of sp³-hybridized carbons (Fsp3) is 0.400. The SMILES string of the molecule is CCCCN(CCCC)c1cc(OC)c(/C=C/c2ccc(C=O)cc2)cc1OC. The third kappa shape index (κ3) is 6.38. The van der Waals surface area contributed by atoms with Crippen molar-refractivity contribution in [2.24, 2.45) is 0 Å². The number of benzene rings is 2. The Morgan fingerprint density at radius 3 is 1.93 bits per heavy atom. The highest BCUT2D eigenvalue weighted by Gasteiger charge is 2.15. The number of ether oxygens (including phenoxy) is 2. The summed E-state index contributed by atoms with van der Waals surface area (Å²) in [5.41, 5.74) is 3.73. The minimum absolute atomic E-state index is 0.671. The predicted octanol–water partition coefficient (Wildman–Crippen LogP) is 6.09. The van der Waals surface area contributed by atoms with E-state index >= 15 is 0 Å². The molecule has 0 aliphatic rings. The maximum Gasteiger partial charge on any atom is 0.150 e. The van der Waals surface area contributed by atoms with Crippen LogP contribution in [0.25, 0.3) is 12.2 Å². The summed E-state index contributed by atoms with van der Waals surface area (Å²) in [6, 6.07) is 11.6. The highest BCUT2D eigenvalue weighted by atomic mass is 16.5. The van der Waals surface area contributed by atoms with Crippen LogP contribution in [0, 0.1) is 0 Å². The lowest BCUT2D eigenvalue weighted by atomic mass is 10.1. The summed E-state index contributed by atoms with van der Waals surface area (Å²) in [4.78, 5) is 13.2. The number of unbranched alkanes of at least 4 members (excludes halogenated alkanes) is 2. The maximum absolute atomic E-state index is 10.8. The first-order chi connectivity index (χ1) is 14.2. The van der Waals surface area contributed by atoms with Gasteiger partial charge in [0, 0.05) is 30.3 Å². The average molecular weight is 396 g/mol. The number of aldehydes is 1. The van der Waals surface area contributed by atoms with Crippen molar-refractivity contribution in [3.05, 3.63) is 53.1 Å². The summed E-state index contributed by atoms with van der Waals surface area (Å²) < 4.78 is 11.4. The number of hydrogen-bond donors (Lipinski definition) is 0. The van der Waals surface area contributed by atoms with E-state index in [0.717, 1.165) is 73.4 Å². The number of methoxy groups -OCH3 is 2. The standard InChI is InChI=1S/C25H33NO3/c1-5-7-15-26(16-8-6-2)23-18-24(28-3)22(17-25(23)29-4)14-13-20-9-11-21(19-27)12-10-20/h9-14,17-19H,5-8,15-16H2,1-4H3/b14-13+. The van der Waals surface area contributed by atoms with E-state index in [1.165, 1.54) is 0 Å². The summed E-state index contributed by atoms with van der Waals surface area (Å²) in [5.74, 6) is 1.67. The molecule has 0 N–H and O–H groups in total. The van der Waals surface area contributed by atoms with Gasteiger partial charge in [-0.15, -0.1) is 0 Å². The third-order valence-corrected chi connectivity index (χ3v) is 4.96. The highest BCUT2D eigenvalue weighted by Crippen LogP contribution is 2.37. The smallest absolute Gasteiger partial charge is 0.150 e. The van der Waals surface area contributed by atoms with Crippen LogP contribution in [0.5, 0.6) is 11.5 Å². The molecule has 0 radical (unpaired) electrons. The quantitative estimate of drug-likeness (QED) is 0.322. The van der Waals surface area contributed by atoms with Gasteiger partial charge in [0.05, 0.1) is 19.9 Å². The number of nitrogens with zero attached hydrogens (tertiary/aromatic N) is 1. The molecule has 0 aliphatic heterocycles. The van der Waals surface area contributed by atoms with Crippen molar-refractivity contribution in [1.29, 1.82) is 0 Å². The van der Waals surface area contributed by atoms with Crippen molar-refractivity contribution in [2.45, 2.75) is 39.5 Å². The van der Waals surface area contributed by atoms with Gasteiger partial charge < -0.3 is 14.4 Å². The van der Waals surface area contributed by atoms with E-state index in [-0.39, 0.29) is 0 Å². The molecule has 0 aromatic heterocycles. The second-order valence-corrected chi connectivity index (χ2v) is 7.08. The van der Waals surface area contributed by atoms with Gasteiger partial charge in [-0.05, 0) is 24.5 Å². The van der Waals surface area contributed by atoms with E-state index in [0.29, 0.717) is 5.56 Å². The molecule has 0 amide bonds. The molecule has 2 rings (SSSR count). The molecule has 0 unspecified atom stereocenters. The summed E-state index contributed by atoms with van der Waals surface area (Å²) in [5, 5.41) is 0. The molecule has 0 saturated carbocycles. The van der Waals surface area contributed by atoms with Gasteiger partial charge in [-0.1, -0.05) is 63.1 Å². The van der Waals surface area contributed by atoms with Gasteiger partial charge in [0.15, 0.2) is 0 Å². The second-order valence-electron chi connectivity index (χ2n) is 7.08. The van der Waals surface area contributed by atoms with Crippen LogP contribution >= 0.6 is 0 Å². The Morgan fingerprint density at radius 2 is 1.41 bits per heavy atom. The summed E-state index contributed by atoms with van der Waals surface area (Å²) in [6.45, 7) is 6.44. The monoisotopic (exact) mass is 395 g/mol. The molecule has 0 spiro atoms. The molecule has 0 atom stereocenters. The first-order valence-corrected chi connectivity index (χ1v) is 10.4. The Morgan fingerprint density at radius 1 is 0.828 bits per heavy atom. The van der Waals surface area contributed by atoms with Crippen LogP contribution in [0.1, 0.15) is 61.0 Å². The van der Waals surface area contributed by atoms with E-state index in [1.54, 1.807) is 14.2 Å². The molecule has 2 aromatic carbocycles. The molecule has 29 heavy (non-hydrogen) atoms. The Balaban J connectivity index is 2.36. The lowest BCUT2D eigenvalue weighted by Crippen LogP contribution is -2.26. The van der Waals surface area contributed by atoms with Gasteiger partial charge in [-0.25, -0.2) is 0 Å². The van der Waals surface area contributed by atoms with Crippen molar-refractivity contribution in [3.63, 3.8) is 0 Å². The van der Waals surface area contributed by atoms with E-state index in [2.05, 4.69) is 24.8 Å². The minimum Gasteiger partial charge on any atom is -0.496 e. The van der Waals surface area contributed by atoms with Crippen LogP contribution < -0.4 is 14.4 Å². The van der Waals surface area contributed by atoms with Gasteiger partial charge >= 0.3 is 0 Å². The van der Waals surface area contributed by atoms with Gasteiger partial charge in [0.25, 0.3) is 0 Å². The number of anilines is 1. The van der Waals surface area contributed by atoms with Gasteiger partial charge in [-0.2, -0.15) is 0 Å². The van der Waals surface area contributed by atoms with Crippen molar-refractivity contribution in [1.82, 2.24) is 0 Å². The van der Waals surface area contributed by atoms with Crippen LogP contribution in [-0.4, -0.2) is 33.6 Å². The van der Waals surface area contributed by atoms with Crippen molar-refractivity contribution in [2.75, 3.05) is 32.2 Å². The maximum atomic E-state index is 10.8. The molecule has 0 heterocycles. The summed E-state index contributed by atoms with van der Waals surface area (Å²) in [6.07, 6.45) is 9.49. The Labute approximate surface area is 175 Å². The Hall–Kier alpha value is -2.75. The van der Waals surface area contributed by atoms with E-state index in [4.69, 9.17) is 9.47 Å². The Bertz CT molecular complexity index is 788. The molecular weight excluding hydrogens is 362 g/mol. The molecular formula is C25H33NO3. The summed E-state index contributed by atoms with van der Waals surface area (Å²) in [7, 11) is 3.42. The van der Waals surface area contributed by atoms with Gasteiger partial charge in [0.2, 0.25) is 0 Å². The molecule has 0 bridgehead atoms. The zero-order valence-electron chi connectivity index (χ0n) is 18.1. The Kier molecular flexibility index (Phi) is 9.29. The molecule has 4 heteroatoms. The van der Waals surface area contributed by atoms with E-state index < -0.39 is 0 Å². The molecule has 4 nitrogen and oxygen atoms in total. The van der Waals surface area contributed by atoms with Gasteiger partial charge in [-0.3, -0.25) is 4.79 Å². The largest absolute Gasteiger partial charge is 0.496 e. The highest BCUT2D eigenvalue weighted by molar-refractivity contribution is 5.79. The fourth-order valence-corrected chi connectivity index (χ4v) is 3.20. The van der Waals surface area contributed by atoms with Crippen LogP contribution in [0.3, 0.4) is 0 Å². The lowest BCUT2D eigenvalue weighted by Gasteiger charge is -2.27. The fourth-order valence-electron chi connectivity index (χ4n) is 3.20. The van der Waals surface area contributed by atoms with E-state index in [9.17, 15) is 4.79 Å². The van der Waals surface area contributed by atoms with Crippen molar-refractivity contribution in [3.8, 4) is 11.5 Å². The summed E-state index contributed by atoms with van der Waals surface area (Å²) >= 11 is 0. The van der Waals surface area contributed by atoms with Crippen molar-refractivity contribution >= 4 is 24.1 Å². The van der Waals surface area contributed by atoms with Crippen molar-refractivity contribution < 1.29 is 14.3 Å². The van der Waals surface area contributed by atoms with Crippen LogP contribution in [0.15, 0.2) is 36.4 Å². The van der Waals surface area contributed by atoms with Gasteiger partial charge in [0.1, 0.15) is 17.8 Å². The zero-order chi connectivity index (χ0) is 21.1. The lowest BCUT2D eigenvalue weighted by molar-refractivity contribution is 0.112. The molecule has 0 saturated heterocycles. The van der Waals surface area contributed by atoms with Crippen LogP contribution in [-0.2, 0) is 0 Å². The number of carbonyl (C=O) groups is 1. The molecule has 0 fully saturated rings.